The van der Waals surface area contributed by atoms with Crippen LogP contribution in [0, 0.1) is 10.1 Å². The summed E-state index contributed by atoms with van der Waals surface area (Å²) in [6.45, 7) is 0. The molecule has 1 saturated heterocycles. The summed E-state index contributed by atoms with van der Waals surface area (Å²) in [6.07, 6.45) is 1.12. The summed E-state index contributed by atoms with van der Waals surface area (Å²) >= 11 is 1.91. The summed E-state index contributed by atoms with van der Waals surface area (Å²) < 4.78 is 5.17. The lowest BCUT2D eigenvalue weighted by atomic mass is 10.2. The van der Waals surface area contributed by atoms with Gasteiger partial charge in [0.05, 0.1) is 23.8 Å². The lowest BCUT2D eigenvalue weighted by Gasteiger charge is -2.15. The number of anilines is 1. The van der Waals surface area contributed by atoms with Crippen molar-refractivity contribution in [2.45, 2.75) is 12.5 Å². The minimum absolute atomic E-state index is 0.0493. The number of ether oxygens (including phenoxy) is 1. The van der Waals surface area contributed by atoms with E-state index in [9.17, 15) is 10.1 Å². The van der Waals surface area contributed by atoms with Gasteiger partial charge in [0, 0.05) is 17.9 Å². The highest BCUT2D eigenvalue weighted by Crippen LogP contribution is 2.31. The third kappa shape index (κ3) is 2.82. The number of non-ortho nitro benzene ring substituents is 1. The van der Waals surface area contributed by atoms with Crippen LogP contribution >= 0.6 is 11.8 Å². The molecule has 5 nitrogen and oxygen atoms in total. The van der Waals surface area contributed by atoms with E-state index >= 15 is 0 Å². The Hall–Kier alpha value is -1.43. The summed E-state index contributed by atoms with van der Waals surface area (Å²) in [7, 11) is 1.52. The smallest absolute Gasteiger partial charge is 0.273 e. The number of nitro groups is 1. The molecule has 2 rings (SSSR count). The van der Waals surface area contributed by atoms with E-state index in [2.05, 4.69) is 5.32 Å². The fourth-order valence-corrected chi connectivity index (χ4v) is 2.93. The minimum Gasteiger partial charge on any atom is -0.494 e. The van der Waals surface area contributed by atoms with E-state index in [0.29, 0.717) is 11.8 Å². The molecule has 6 heteroatoms. The Morgan fingerprint density at radius 3 is 3.00 bits per heavy atom. The molecule has 92 valence electrons. The highest BCUT2D eigenvalue weighted by atomic mass is 32.2. The maximum absolute atomic E-state index is 10.7. The van der Waals surface area contributed by atoms with E-state index < -0.39 is 4.92 Å². The van der Waals surface area contributed by atoms with Crippen molar-refractivity contribution >= 4 is 23.1 Å². The second kappa shape index (κ2) is 5.27. The number of nitro benzene ring substituents is 1. The van der Waals surface area contributed by atoms with Crippen LogP contribution in [0.1, 0.15) is 6.42 Å². The second-order valence-corrected chi connectivity index (χ2v) is 5.00. The van der Waals surface area contributed by atoms with E-state index in [0.717, 1.165) is 23.6 Å². The van der Waals surface area contributed by atoms with Crippen LogP contribution in [0.15, 0.2) is 18.2 Å². The van der Waals surface area contributed by atoms with E-state index in [1.807, 2.05) is 11.8 Å². The predicted octanol–water partition coefficient (Wildman–Crippen LogP) is 2.52. The van der Waals surface area contributed by atoms with E-state index in [-0.39, 0.29) is 5.69 Å². The minimum atomic E-state index is -0.419. The quantitative estimate of drug-likeness (QED) is 0.660. The first-order valence-corrected chi connectivity index (χ1v) is 6.53. The molecule has 0 saturated carbocycles. The lowest BCUT2D eigenvalue weighted by molar-refractivity contribution is -0.384. The van der Waals surface area contributed by atoms with Gasteiger partial charge in [-0.05, 0) is 18.2 Å². The molecular weight excluding hydrogens is 240 g/mol. The lowest BCUT2D eigenvalue weighted by Crippen LogP contribution is -2.18. The van der Waals surface area contributed by atoms with Crippen molar-refractivity contribution in [2.75, 3.05) is 23.9 Å². The van der Waals surface area contributed by atoms with Crippen LogP contribution in [-0.4, -0.2) is 29.6 Å². The maximum atomic E-state index is 10.7. The Morgan fingerprint density at radius 2 is 2.41 bits per heavy atom. The van der Waals surface area contributed by atoms with Crippen molar-refractivity contribution in [3.05, 3.63) is 28.3 Å². The van der Waals surface area contributed by atoms with Gasteiger partial charge in [0.15, 0.2) is 0 Å². The van der Waals surface area contributed by atoms with Crippen LogP contribution in [0.3, 0.4) is 0 Å². The number of methoxy groups -OCH3 is 1. The Morgan fingerprint density at radius 1 is 1.59 bits per heavy atom. The Kier molecular flexibility index (Phi) is 3.73. The molecule has 0 aliphatic carbocycles. The zero-order chi connectivity index (χ0) is 12.3. The third-order valence-corrected chi connectivity index (χ3v) is 3.85. The van der Waals surface area contributed by atoms with Crippen molar-refractivity contribution in [3.8, 4) is 5.75 Å². The fourth-order valence-electron chi connectivity index (χ4n) is 1.78. The standard InChI is InChI=1S/C11H14N2O3S/c1-16-11-6-9(13(14)15)2-3-10(11)12-8-4-5-17-7-8/h2-3,6,8,12H,4-5,7H2,1H3. The molecule has 1 aliphatic rings. The van der Waals surface area contributed by atoms with E-state index in [1.165, 1.54) is 19.2 Å². The zero-order valence-corrected chi connectivity index (χ0v) is 10.3. The van der Waals surface area contributed by atoms with Crippen molar-refractivity contribution in [1.82, 2.24) is 0 Å². The average Bonchev–Trinajstić information content (AvgIpc) is 2.82. The molecule has 1 heterocycles. The van der Waals surface area contributed by atoms with Gasteiger partial charge in [-0.3, -0.25) is 10.1 Å². The molecule has 1 aromatic carbocycles. The summed E-state index contributed by atoms with van der Waals surface area (Å²) in [4.78, 5) is 10.2. The molecule has 17 heavy (non-hydrogen) atoms. The zero-order valence-electron chi connectivity index (χ0n) is 9.51. The largest absolute Gasteiger partial charge is 0.494 e. The molecule has 0 spiro atoms. The number of nitrogens with zero attached hydrogens (tertiary/aromatic N) is 1. The van der Waals surface area contributed by atoms with Crippen molar-refractivity contribution in [3.63, 3.8) is 0 Å². The van der Waals surface area contributed by atoms with Crippen LogP contribution in [0.25, 0.3) is 0 Å². The molecule has 0 amide bonds. The van der Waals surface area contributed by atoms with Crippen LogP contribution in [0.2, 0.25) is 0 Å². The van der Waals surface area contributed by atoms with Crippen LogP contribution in [0.5, 0.6) is 5.75 Å². The fraction of sp³-hybridized carbons (Fsp3) is 0.455. The first kappa shape index (κ1) is 12.0. The van der Waals surface area contributed by atoms with Crippen LogP contribution < -0.4 is 10.1 Å². The average molecular weight is 254 g/mol. The summed E-state index contributed by atoms with van der Waals surface area (Å²) in [6, 6.07) is 5.08. The van der Waals surface area contributed by atoms with Crippen molar-refractivity contribution in [2.24, 2.45) is 0 Å². The molecule has 1 atom stereocenters. The number of hydrogen-bond donors (Lipinski definition) is 1. The van der Waals surface area contributed by atoms with Gasteiger partial charge in [0.2, 0.25) is 0 Å². The highest BCUT2D eigenvalue weighted by molar-refractivity contribution is 7.99. The van der Waals surface area contributed by atoms with Gasteiger partial charge in [-0.1, -0.05) is 0 Å². The second-order valence-electron chi connectivity index (χ2n) is 3.85. The van der Waals surface area contributed by atoms with Gasteiger partial charge < -0.3 is 10.1 Å². The van der Waals surface area contributed by atoms with Gasteiger partial charge in [0.25, 0.3) is 5.69 Å². The van der Waals surface area contributed by atoms with Gasteiger partial charge in [-0.25, -0.2) is 0 Å². The van der Waals surface area contributed by atoms with Gasteiger partial charge in [-0.15, -0.1) is 0 Å². The first-order chi connectivity index (χ1) is 8.20. The van der Waals surface area contributed by atoms with Gasteiger partial charge in [-0.2, -0.15) is 11.8 Å². The molecular formula is C11H14N2O3S. The Balaban J connectivity index is 2.18. The first-order valence-electron chi connectivity index (χ1n) is 5.37. The molecule has 1 aliphatic heterocycles. The number of rotatable bonds is 4. The van der Waals surface area contributed by atoms with Crippen LogP contribution in [0.4, 0.5) is 11.4 Å². The summed E-state index contributed by atoms with van der Waals surface area (Å²) in [5.74, 6) is 2.75. The van der Waals surface area contributed by atoms with Crippen molar-refractivity contribution < 1.29 is 9.66 Å². The monoisotopic (exact) mass is 254 g/mol. The number of thioether (sulfide) groups is 1. The topological polar surface area (TPSA) is 64.4 Å². The highest BCUT2D eigenvalue weighted by Gasteiger charge is 2.18. The number of hydrogen-bond acceptors (Lipinski definition) is 5. The van der Waals surface area contributed by atoms with E-state index in [4.69, 9.17) is 4.74 Å². The predicted molar refractivity (Wildman–Crippen MR) is 69.0 cm³/mol. The molecule has 1 aromatic rings. The summed E-state index contributed by atoms with van der Waals surface area (Å²) in [5.41, 5.74) is 0.874. The normalized spacial score (nSPS) is 19.0. The Bertz CT molecular complexity index is 419. The number of nitrogens with one attached hydrogen (secondary N) is 1. The molecule has 1 unspecified atom stereocenters. The third-order valence-electron chi connectivity index (χ3n) is 2.69. The maximum Gasteiger partial charge on any atom is 0.273 e. The molecule has 0 radical (unpaired) electrons. The molecule has 0 aromatic heterocycles. The van der Waals surface area contributed by atoms with Crippen LogP contribution in [-0.2, 0) is 0 Å². The van der Waals surface area contributed by atoms with Gasteiger partial charge >= 0.3 is 0 Å². The van der Waals surface area contributed by atoms with Gasteiger partial charge in [0.1, 0.15) is 5.75 Å². The Labute approximate surface area is 104 Å². The molecule has 0 bridgehead atoms. The SMILES string of the molecule is COc1cc([N+](=O)[O-])ccc1NC1CCSC1. The molecule has 1 fully saturated rings. The number of benzene rings is 1. The van der Waals surface area contributed by atoms with E-state index in [1.54, 1.807) is 6.07 Å². The molecule has 1 N–H and O–H groups in total. The summed E-state index contributed by atoms with van der Waals surface area (Å²) in [5, 5.41) is 14.0. The van der Waals surface area contributed by atoms with Crippen molar-refractivity contribution in [1.29, 1.82) is 0 Å².